The van der Waals surface area contributed by atoms with Gasteiger partial charge >= 0.3 is 0 Å². The minimum Gasteiger partial charge on any atom is -0.323 e. The number of aryl methyl sites for hydroxylation is 2. The summed E-state index contributed by atoms with van der Waals surface area (Å²) in [4.78, 5) is 5.45. The van der Waals surface area contributed by atoms with Crippen LogP contribution in [0.1, 0.15) is 34.3 Å². The maximum atomic E-state index is 6.14. The molecule has 90 valence electrons. The highest BCUT2D eigenvalue weighted by Gasteiger charge is 2.08. The summed E-state index contributed by atoms with van der Waals surface area (Å²) in [6, 6.07) is 10.7. The second-order valence-corrected chi connectivity index (χ2v) is 5.53. The van der Waals surface area contributed by atoms with Crippen molar-refractivity contribution in [2.45, 2.75) is 32.2 Å². The Hall–Kier alpha value is -1.19. The summed E-state index contributed by atoms with van der Waals surface area (Å²) in [6.07, 6.45) is 5.16. The van der Waals surface area contributed by atoms with E-state index in [0.29, 0.717) is 0 Å². The molecule has 17 heavy (non-hydrogen) atoms. The van der Waals surface area contributed by atoms with Crippen LogP contribution < -0.4 is 5.73 Å². The topological polar surface area (TPSA) is 38.9 Å². The normalized spacial score (nSPS) is 12.6. The van der Waals surface area contributed by atoms with Crippen molar-refractivity contribution in [2.75, 3.05) is 0 Å². The van der Waals surface area contributed by atoms with Crippen LogP contribution in [-0.4, -0.2) is 4.98 Å². The van der Waals surface area contributed by atoms with Gasteiger partial charge in [0.05, 0.1) is 5.01 Å². The fourth-order valence-electron chi connectivity index (χ4n) is 1.86. The first-order valence-corrected chi connectivity index (χ1v) is 6.79. The average molecular weight is 246 g/mol. The highest BCUT2D eigenvalue weighted by atomic mass is 32.1. The van der Waals surface area contributed by atoms with Crippen LogP contribution >= 0.6 is 11.3 Å². The molecule has 1 unspecified atom stereocenters. The molecular formula is C14H18N2S. The number of hydrogen-bond donors (Lipinski definition) is 1. The Morgan fingerprint density at radius 1 is 1.29 bits per heavy atom. The summed E-state index contributed by atoms with van der Waals surface area (Å²) in [6.45, 7) is 2.02. The zero-order valence-electron chi connectivity index (χ0n) is 10.1. The van der Waals surface area contributed by atoms with Gasteiger partial charge in [-0.15, -0.1) is 11.3 Å². The largest absolute Gasteiger partial charge is 0.323 e. The second kappa shape index (κ2) is 5.94. The van der Waals surface area contributed by atoms with Gasteiger partial charge in [0.15, 0.2) is 0 Å². The molecule has 2 N–H and O–H groups in total. The third-order valence-corrected chi connectivity index (χ3v) is 3.87. The number of thiazole rings is 1. The molecule has 2 rings (SSSR count). The SMILES string of the molecule is Cc1ncc(C(N)CCCc2ccccc2)s1. The average Bonchev–Trinajstić information content (AvgIpc) is 2.77. The summed E-state index contributed by atoms with van der Waals surface area (Å²) < 4.78 is 0. The Kier molecular flexibility index (Phi) is 4.29. The van der Waals surface area contributed by atoms with E-state index in [-0.39, 0.29) is 6.04 Å². The fraction of sp³-hybridized carbons (Fsp3) is 0.357. The fourth-order valence-corrected chi connectivity index (χ4v) is 2.68. The molecular weight excluding hydrogens is 228 g/mol. The van der Waals surface area contributed by atoms with Gasteiger partial charge in [0, 0.05) is 17.1 Å². The van der Waals surface area contributed by atoms with Gasteiger partial charge in [0.1, 0.15) is 0 Å². The summed E-state index contributed by atoms with van der Waals surface area (Å²) in [7, 11) is 0. The molecule has 0 bridgehead atoms. The van der Waals surface area contributed by atoms with Crippen LogP contribution in [0.15, 0.2) is 36.5 Å². The molecule has 0 aliphatic heterocycles. The van der Waals surface area contributed by atoms with Crippen molar-refractivity contribution in [1.29, 1.82) is 0 Å². The van der Waals surface area contributed by atoms with Gasteiger partial charge in [-0.3, -0.25) is 0 Å². The molecule has 0 saturated carbocycles. The van der Waals surface area contributed by atoms with E-state index in [9.17, 15) is 0 Å². The predicted octanol–water partition coefficient (Wildman–Crippen LogP) is 3.47. The number of benzene rings is 1. The van der Waals surface area contributed by atoms with Crippen molar-refractivity contribution < 1.29 is 0 Å². The number of aromatic nitrogens is 1. The Morgan fingerprint density at radius 3 is 2.71 bits per heavy atom. The lowest BCUT2D eigenvalue weighted by molar-refractivity contribution is 0.619. The summed E-state index contributed by atoms with van der Waals surface area (Å²) in [5.74, 6) is 0. The van der Waals surface area contributed by atoms with Gasteiger partial charge < -0.3 is 5.73 Å². The highest BCUT2D eigenvalue weighted by molar-refractivity contribution is 7.11. The third-order valence-electron chi connectivity index (χ3n) is 2.83. The molecule has 0 fully saturated rings. The predicted molar refractivity (Wildman–Crippen MR) is 73.2 cm³/mol. The lowest BCUT2D eigenvalue weighted by Crippen LogP contribution is -2.08. The number of rotatable bonds is 5. The van der Waals surface area contributed by atoms with Crippen molar-refractivity contribution in [3.05, 3.63) is 52.0 Å². The van der Waals surface area contributed by atoms with Crippen LogP contribution in [-0.2, 0) is 6.42 Å². The molecule has 0 spiro atoms. The maximum absolute atomic E-state index is 6.14. The molecule has 0 aliphatic carbocycles. The van der Waals surface area contributed by atoms with E-state index in [0.717, 1.165) is 24.3 Å². The van der Waals surface area contributed by atoms with Gasteiger partial charge in [0.25, 0.3) is 0 Å². The van der Waals surface area contributed by atoms with Gasteiger partial charge in [-0.1, -0.05) is 30.3 Å². The van der Waals surface area contributed by atoms with Crippen molar-refractivity contribution in [1.82, 2.24) is 4.98 Å². The molecule has 1 aromatic carbocycles. The third kappa shape index (κ3) is 3.65. The molecule has 2 nitrogen and oxygen atoms in total. The number of hydrogen-bond acceptors (Lipinski definition) is 3. The minimum absolute atomic E-state index is 0.143. The van der Waals surface area contributed by atoms with Gasteiger partial charge in [-0.2, -0.15) is 0 Å². The highest BCUT2D eigenvalue weighted by Crippen LogP contribution is 2.22. The number of nitrogens with two attached hydrogens (primary N) is 1. The number of nitrogens with zero attached hydrogens (tertiary/aromatic N) is 1. The lowest BCUT2D eigenvalue weighted by Gasteiger charge is -2.08. The maximum Gasteiger partial charge on any atom is 0.0897 e. The first-order valence-electron chi connectivity index (χ1n) is 5.97. The van der Waals surface area contributed by atoms with Crippen molar-refractivity contribution >= 4 is 11.3 Å². The first kappa shape index (κ1) is 12.3. The van der Waals surface area contributed by atoms with E-state index >= 15 is 0 Å². The van der Waals surface area contributed by atoms with E-state index in [2.05, 4.69) is 35.3 Å². The van der Waals surface area contributed by atoms with Crippen LogP contribution in [0.2, 0.25) is 0 Å². The molecule has 2 aromatic rings. The van der Waals surface area contributed by atoms with Crippen molar-refractivity contribution in [2.24, 2.45) is 5.73 Å². The Bertz CT molecular complexity index is 450. The van der Waals surface area contributed by atoms with Gasteiger partial charge in [-0.05, 0) is 31.7 Å². The molecule has 1 atom stereocenters. The molecule has 1 heterocycles. The molecule has 1 aromatic heterocycles. The van der Waals surface area contributed by atoms with E-state index in [4.69, 9.17) is 5.73 Å². The van der Waals surface area contributed by atoms with Crippen LogP contribution in [0, 0.1) is 6.92 Å². The Labute approximate surface area is 107 Å². The second-order valence-electron chi connectivity index (χ2n) is 4.27. The quantitative estimate of drug-likeness (QED) is 0.877. The summed E-state index contributed by atoms with van der Waals surface area (Å²) in [5, 5.41) is 1.10. The van der Waals surface area contributed by atoms with Crippen molar-refractivity contribution in [3.8, 4) is 0 Å². The standard InChI is InChI=1S/C14H18N2S/c1-11-16-10-14(17-11)13(15)9-5-8-12-6-3-2-4-7-12/h2-4,6-7,10,13H,5,8-9,15H2,1H3. The zero-order valence-corrected chi connectivity index (χ0v) is 10.9. The lowest BCUT2D eigenvalue weighted by atomic mass is 10.0. The van der Waals surface area contributed by atoms with E-state index in [1.807, 2.05) is 13.1 Å². The summed E-state index contributed by atoms with van der Waals surface area (Å²) >= 11 is 1.71. The van der Waals surface area contributed by atoms with E-state index in [1.54, 1.807) is 11.3 Å². The van der Waals surface area contributed by atoms with Crippen LogP contribution in [0.5, 0.6) is 0 Å². The summed E-state index contributed by atoms with van der Waals surface area (Å²) in [5.41, 5.74) is 7.53. The Morgan fingerprint density at radius 2 is 2.06 bits per heavy atom. The van der Waals surface area contributed by atoms with Crippen LogP contribution in [0.4, 0.5) is 0 Å². The van der Waals surface area contributed by atoms with Crippen LogP contribution in [0.3, 0.4) is 0 Å². The van der Waals surface area contributed by atoms with Gasteiger partial charge in [0.2, 0.25) is 0 Å². The zero-order chi connectivity index (χ0) is 12.1. The first-order chi connectivity index (χ1) is 8.25. The van der Waals surface area contributed by atoms with Crippen LogP contribution in [0.25, 0.3) is 0 Å². The van der Waals surface area contributed by atoms with Gasteiger partial charge in [-0.25, -0.2) is 4.98 Å². The van der Waals surface area contributed by atoms with E-state index in [1.165, 1.54) is 10.4 Å². The molecule has 3 heteroatoms. The molecule has 0 aliphatic rings. The molecule has 0 amide bonds. The van der Waals surface area contributed by atoms with E-state index < -0.39 is 0 Å². The molecule has 0 saturated heterocycles. The van der Waals surface area contributed by atoms with Crippen molar-refractivity contribution in [3.63, 3.8) is 0 Å². The Balaban J connectivity index is 1.79. The minimum atomic E-state index is 0.143. The monoisotopic (exact) mass is 246 g/mol. The smallest absolute Gasteiger partial charge is 0.0897 e. The molecule has 0 radical (unpaired) electrons.